The van der Waals surface area contributed by atoms with E-state index < -0.39 is 29.0 Å². The van der Waals surface area contributed by atoms with Gasteiger partial charge >= 0.3 is 11.9 Å². The van der Waals surface area contributed by atoms with Gasteiger partial charge in [-0.1, -0.05) is 19.9 Å². The number of rotatable bonds is 7. The Balaban J connectivity index is 2.83. The van der Waals surface area contributed by atoms with Gasteiger partial charge in [0, 0.05) is 0 Å². The van der Waals surface area contributed by atoms with Crippen molar-refractivity contribution in [2.75, 3.05) is 6.61 Å². The molecule has 0 spiro atoms. The quantitative estimate of drug-likeness (QED) is 0.572. The van der Waals surface area contributed by atoms with Gasteiger partial charge in [-0.05, 0) is 37.5 Å². The lowest BCUT2D eigenvalue weighted by Crippen LogP contribution is -2.41. The molecule has 1 aromatic carbocycles. The number of halogens is 2. The molecule has 0 aromatic heterocycles. The first kappa shape index (κ1) is 18.1. The Bertz CT molecular complexity index is 539. The molecule has 0 bridgehead atoms. The van der Waals surface area contributed by atoms with E-state index in [1.165, 1.54) is 6.07 Å². The van der Waals surface area contributed by atoms with E-state index in [2.05, 4.69) is 0 Å². The van der Waals surface area contributed by atoms with Gasteiger partial charge in [0.15, 0.2) is 17.0 Å². The average Bonchev–Trinajstić information content (AvgIpc) is 2.50. The molecule has 6 heteroatoms. The summed E-state index contributed by atoms with van der Waals surface area (Å²) in [5.41, 5.74) is -1.06. The lowest BCUT2D eigenvalue weighted by molar-refractivity contribution is -0.173. The van der Waals surface area contributed by atoms with Gasteiger partial charge in [-0.3, -0.25) is 9.59 Å². The van der Waals surface area contributed by atoms with Gasteiger partial charge in [0.2, 0.25) is 0 Å². The molecule has 0 saturated carbocycles. The van der Waals surface area contributed by atoms with Crippen LogP contribution in [0.15, 0.2) is 18.2 Å². The molecular formula is C16H20F2O4. The van der Waals surface area contributed by atoms with Gasteiger partial charge in [0.25, 0.3) is 0 Å². The molecule has 0 atom stereocenters. The fourth-order valence-electron chi connectivity index (χ4n) is 2.10. The number of ether oxygens (including phenoxy) is 2. The van der Waals surface area contributed by atoms with E-state index in [-0.39, 0.29) is 26.1 Å². The van der Waals surface area contributed by atoms with Crippen molar-refractivity contribution in [2.45, 2.75) is 40.2 Å². The number of hydrogen-bond donors (Lipinski definition) is 0. The highest BCUT2D eigenvalue weighted by atomic mass is 19.2. The summed E-state index contributed by atoms with van der Waals surface area (Å²) < 4.78 is 36.0. The van der Waals surface area contributed by atoms with Gasteiger partial charge in [0.05, 0.1) is 6.61 Å². The molecule has 0 aliphatic heterocycles. The number of hydrogen-bond acceptors (Lipinski definition) is 4. The molecule has 22 heavy (non-hydrogen) atoms. The maximum Gasteiger partial charge on any atom is 0.323 e. The second-order valence-corrected chi connectivity index (χ2v) is 4.83. The largest absolute Gasteiger partial charge is 0.465 e. The second kappa shape index (κ2) is 7.87. The Labute approximate surface area is 128 Å². The van der Waals surface area contributed by atoms with E-state index in [9.17, 15) is 18.4 Å². The summed E-state index contributed by atoms with van der Waals surface area (Å²) >= 11 is 0. The van der Waals surface area contributed by atoms with Crippen LogP contribution in [0, 0.1) is 17.0 Å². The first-order valence-electron chi connectivity index (χ1n) is 7.19. The Kier molecular flexibility index (Phi) is 6.46. The third-order valence-electron chi connectivity index (χ3n) is 3.62. The van der Waals surface area contributed by atoms with Crippen LogP contribution >= 0.6 is 0 Å². The third kappa shape index (κ3) is 3.81. The number of benzene rings is 1. The maximum atomic E-state index is 13.1. The Morgan fingerprint density at radius 3 is 2.09 bits per heavy atom. The van der Waals surface area contributed by atoms with Crippen LogP contribution in [0.5, 0.6) is 0 Å². The predicted octanol–water partition coefficient (Wildman–Crippen LogP) is 3.38. The SMILES string of the molecule is CCOC(=O)C(CC)(CC)C(=O)OCc1ccc(F)c(F)c1. The topological polar surface area (TPSA) is 52.6 Å². The minimum atomic E-state index is -1.37. The van der Waals surface area contributed by atoms with Crippen molar-refractivity contribution in [1.82, 2.24) is 0 Å². The average molecular weight is 314 g/mol. The van der Waals surface area contributed by atoms with Gasteiger partial charge in [-0.25, -0.2) is 8.78 Å². The summed E-state index contributed by atoms with van der Waals surface area (Å²) in [6, 6.07) is 3.22. The van der Waals surface area contributed by atoms with Crippen molar-refractivity contribution < 1.29 is 27.8 Å². The monoisotopic (exact) mass is 314 g/mol. The summed E-state index contributed by atoms with van der Waals surface area (Å²) in [5.74, 6) is -3.34. The van der Waals surface area contributed by atoms with Crippen LogP contribution in [0.4, 0.5) is 8.78 Å². The Hall–Kier alpha value is -1.98. The molecule has 0 fully saturated rings. The van der Waals surface area contributed by atoms with Crippen molar-refractivity contribution in [3.8, 4) is 0 Å². The standard InChI is InChI=1S/C16H20F2O4/c1-4-16(5-2,14(19)21-6-3)15(20)22-10-11-7-8-12(17)13(18)9-11/h7-9H,4-6,10H2,1-3H3. The summed E-state index contributed by atoms with van der Waals surface area (Å²) in [7, 11) is 0. The lowest BCUT2D eigenvalue weighted by atomic mass is 9.82. The molecular weight excluding hydrogens is 294 g/mol. The molecule has 0 saturated heterocycles. The molecule has 0 heterocycles. The summed E-state index contributed by atoms with van der Waals surface area (Å²) in [5, 5.41) is 0. The maximum absolute atomic E-state index is 13.1. The fourth-order valence-corrected chi connectivity index (χ4v) is 2.10. The summed E-state index contributed by atoms with van der Waals surface area (Å²) in [4.78, 5) is 24.3. The highest BCUT2D eigenvalue weighted by Crippen LogP contribution is 2.30. The van der Waals surface area contributed by atoms with E-state index in [0.29, 0.717) is 5.56 Å². The Morgan fingerprint density at radius 2 is 1.59 bits per heavy atom. The van der Waals surface area contributed by atoms with Crippen molar-refractivity contribution in [3.63, 3.8) is 0 Å². The minimum Gasteiger partial charge on any atom is -0.465 e. The zero-order valence-corrected chi connectivity index (χ0v) is 12.9. The molecule has 0 amide bonds. The molecule has 0 N–H and O–H groups in total. The van der Waals surface area contributed by atoms with E-state index in [0.717, 1.165) is 12.1 Å². The molecule has 0 aliphatic rings. The van der Waals surface area contributed by atoms with Crippen LogP contribution in [-0.2, 0) is 25.7 Å². The second-order valence-electron chi connectivity index (χ2n) is 4.83. The normalized spacial score (nSPS) is 11.1. The smallest absolute Gasteiger partial charge is 0.323 e. The zero-order valence-electron chi connectivity index (χ0n) is 12.9. The van der Waals surface area contributed by atoms with Crippen LogP contribution < -0.4 is 0 Å². The van der Waals surface area contributed by atoms with Crippen molar-refractivity contribution in [3.05, 3.63) is 35.4 Å². The predicted molar refractivity (Wildman–Crippen MR) is 75.8 cm³/mol. The van der Waals surface area contributed by atoms with Crippen LogP contribution in [0.1, 0.15) is 39.2 Å². The molecule has 1 rings (SSSR count). The minimum absolute atomic E-state index is 0.164. The van der Waals surface area contributed by atoms with Crippen LogP contribution in [-0.4, -0.2) is 18.5 Å². The molecule has 122 valence electrons. The highest BCUT2D eigenvalue weighted by molar-refractivity contribution is 5.99. The van der Waals surface area contributed by atoms with E-state index in [1.54, 1.807) is 20.8 Å². The highest BCUT2D eigenvalue weighted by Gasteiger charge is 2.45. The van der Waals surface area contributed by atoms with Crippen molar-refractivity contribution in [2.24, 2.45) is 5.41 Å². The summed E-state index contributed by atoms with van der Waals surface area (Å²) in [6.45, 7) is 4.97. The molecule has 4 nitrogen and oxygen atoms in total. The van der Waals surface area contributed by atoms with Gasteiger partial charge in [-0.15, -0.1) is 0 Å². The van der Waals surface area contributed by atoms with Crippen LogP contribution in [0.25, 0.3) is 0 Å². The van der Waals surface area contributed by atoms with Crippen LogP contribution in [0.3, 0.4) is 0 Å². The lowest BCUT2D eigenvalue weighted by Gasteiger charge is -2.26. The Morgan fingerprint density at radius 1 is 1.00 bits per heavy atom. The van der Waals surface area contributed by atoms with Crippen molar-refractivity contribution in [1.29, 1.82) is 0 Å². The molecule has 0 radical (unpaired) electrons. The van der Waals surface area contributed by atoms with E-state index in [4.69, 9.17) is 9.47 Å². The first-order chi connectivity index (χ1) is 10.4. The first-order valence-corrected chi connectivity index (χ1v) is 7.19. The molecule has 0 unspecified atom stereocenters. The van der Waals surface area contributed by atoms with Gasteiger partial charge in [0.1, 0.15) is 6.61 Å². The van der Waals surface area contributed by atoms with Crippen LogP contribution in [0.2, 0.25) is 0 Å². The van der Waals surface area contributed by atoms with Gasteiger partial charge < -0.3 is 9.47 Å². The van der Waals surface area contributed by atoms with E-state index >= 15 is 0 Å². The number of esters is 2. The summed E-state index contributed by atoms with van der Waals surface area (Å²) in [6.07, 6.45) is 0.470. The molecule has 0 aliphatic carbocycles. The van der Waals surface area contributed by atoms with Gasteiger partial charge in [-0.2, -0.15) is 0 Å². The fraction of sp³-hybridized carbons (Fsp3) is 0.500. The van der Waals surface area contributed by atoms with E-state index in [1.807, 2.05) is 0 Å². The van der Waals surface area contributed by atoms with Crippen molar-refractivity contribution >= 4 is 11.9 Å². The molecule has 1 aromatic rings. The zero-order chi connectivity index (χ0) is 16.8. The number of carbonyl (C=O) groups is 2. The number of carbonyl (C=O) groups excluding carboxylic acids is 2. The third-order valence-corrected chi connectivity index (χ3v) is 3.62.